The fourth-order valence-electron chi connectivity index (χ4n) is 2.76. The molecular formula is C12H23NO. The van der Waals surface area contributed by atoms with E-state index in [4.69, 9.17) is 4.74 Å². The molecule has 1 saturated carbocycles. The van der Waals surface area contributed by atoms with E-state index in [9.17, 15) is 0 Å². The van der Waals surface area contributed by atoms with Gasteiger partial charge in [-0.05, 0) is 38.0 Å². The Balaban J connectivity index is 1.80. The van der Waals surface area contributed by atoms with Gasteiger partial charge in [0.15, 0.2) is 0 Å². The lowest BCUT2D eigenvalue weighted by Gasteiger charge is -2.42. The van der Waals surface area contributed by atoms with Crippen LogP contribution in [-0.2, 0) is 4.74 Å². The third-order valence-electron chi connectivity index (χ3n) is 3.99. The molecule has 2 rings (SSSR count). The topological polar surface area (TPSA) is 21.3 Å². The first-order valence-electron chi connectivity index (χ1n) is 6.06. The van der Waals surface area contributed by atoms with Crippen LogP contribution in [0.15, 0.2) is 0 Å². The van der Waals surface area contributed by atoms with Crippen LogP contribution in [0.1, 0.15) is 40.0 Å². The zero-order valence-corrected chi connectivity index (χ0v) is 9.62. The molecule has 0 aromatic carbocycles. The van der Waals surface area contributed by atoms with Crippen LogP contribution in [0.25, 0.3) is 0 Å². The van der Waals surface area contributed by atoms with Crippen molar-refractivity contribution < 1.29 is 4.74 Å². The van der Waals surface area contributed by atoms with Crippen molar-refractivity contribution >= 4 is 0 Å². The second kappa shape index (κ2) is 4.19. The molecule has 2 aliphatic rings. The van der Waals surface area contributed by atoms with E-state index in [1.54, 1.807) is 0 Å². The van der Waals surface area contributed by atoms with Crippen molar-refractivity contribution in [2.75, 3.05) is 6.61 Å². The Morgan fingerprint density at radius 1 is 1.14 bits per heavy atom. The number of hydrogen-bond donors (Lipinski definition) is 1. The molecule has 0 bridgehead atoms. The van der Waals surface area contributed by atoms with Crippen molar-refractivity contribution in [1.29, 1.82) is 0 Å². The Morgan fingerprint density at radius 2 is 1.93 bits per heavy atom. The van der Waals surface area contributed by atoms with E-state index in [-0.39, 0.29) is 0 Å². The lowest BCUT2D eigenvalue weighted by molar-refractivity contribution is 0.0903. The van der Waals surface area contributed by atoms with Gasteiger partial charge < -0.3 is 10.1 Å². The zero-order chi connectivity index (χ0) is 10.1. The normalized spacial score (nSPS) is 42.9. The highest BCUT2D eigenvalue weighted by atomic mass is 16.5. The summed E-state index contributed by atoms with van der Waals surface area (Å²) in [6.07, 6.45) is 4.40. The molecule has 2 heteroatoms. The summed E-state index contributed by atoms with van der Waals surface area (Å²) < 4.78 is 5.57. The van der Waals surface area contributed by atoms with Gasteiger partial charge >= 0.3 is 0 Å². The van der Waals surface area contributed by atoms with E-state index >= 15 is 0 Å². The molecule has 1 aliphatic carbocycles. The van der Waals surface area contributed by atoms with Gasteiger partial charge in [-0.25, -0.2) is 0 Å². The average Bonchev–Trinajstić information content (AvgIpc) is 2.44. The van der Waals surface area contributed by atoms with E-state index in [1.165, 1.54) is 19.3 Å². The van der Waals surface area contributed by atoms with Crippen LogP contribution in [0.2, 0.25) is 0 Å². The second-order valence-corrected chi connectivity index (χ2v) is 5.23. The van der Waals surface area contributed by atoms with Crippen molar-refractivity contribution in [2.45, 2.75) is 58.2 Å². The number of hydrogen-bond acceptors (Lipinski definition) is 2. The molecule has 1 saturated heterocycles. The quantitative estimate of drug-likeness (QED) is 0.749. The fourth-order valence-corrected chi connectivity index (χ4v) is 2.76. The van der Waals surface area contributed by atoms with Crippen molar-refractivity contribution in [2.24, 2.45) is 11.8 Å². The molecule has 82 valence electrons. The van der Waals surface area contributed by atoms with Crippen LogP contribution in [-0.4, -0.2) is 24.8 Å². The molecular weight excluding hydrogens is 174 g/mol. The fraction of sp³-hybridized carbons (Fsp3) is 1.00. The third-order valence-corrected chi connectivity index (χ3v) is 3.99. The minimum absolute atomic E-state index is 0.420. The molecule has 1 aliphatic heterocycles. The van der Waals surface area contributed by atoms with Gasteiger partial charge in [0.1, 0.15) is 0 Å². The van der Waals surface area contributed by atoms with Crippen LogP contribution in [0, 0.1) is 11.8 Å². The van der Waals surface area contributed by atoms with Crippen LogP contribution in [0.3, 0.4) is 0 Å². The molecule has 0 amide bonds. The van der Waals surface area contributed by atoms with E-state index in [0.29, 0.717) is 12.1 Å². The monoisotopic (exact) mass is 197 g/mol. The molecule has 0 aromatic rings. The van der Waals surface area contributed by atoms with Gasteiger partial charge in [-0.1, -0.05) is 13.8 Å². The maximum absolute atomic E-state index is 5.57. The van der Waals surface area contributed by atoms with E-state index in [0.717, 1.165) is 24.5 Å². The Labute approximate surface area is 87.4 Å². The second-order valence-electron chi connectivity index (χ2n) is 5.23. The van der Waals surface area contributed by atoms with Crippen molar-refractivity contribution in [3.63, 3.8) is 0 Å². The van der Waals surface area contributed by atoms with E-state index in [1.807, 2.05) is 0 Å². The minimum atomic E-state index is 0.420. The molecule has 2 nitrogen and oxygen atoms in total. The first-order chi connectivity index (χ1) is 6.68. The first kappa shape index (κ1) is 10.4. The molecule has 4 atom stereocenters. The van der Waals surface area contributed by atoms with Gasteiger partial charge in [0.25, 0.3) is 0 Å². The molecule has 0 radical (unpaired) electrons. The third kappa shape index (κ3) is 1.96. The van der Waals surface area contributed by atoms with Gasteiger partial charge in [0, 0.05) is 18.7 Å². The smallest absolute Gasteiger partial charge is 0.0700 e. The van der Waals surface area contributed by atoms with Gasteiger partial charge in [0.2, 0.25) is 0 Å². The lowest BCUT2D eigenvalue weighted by Crippen LogP contribution is -2.52. The molecule has 2 fully saturated rings. The summed E-state index contributed by atoms with van der Waals surface area (Å²) in [5.41, 5.74) is 0. The maximum Gasteiger partial charge on any atom is 0.0700 e. The average molecular weight is 197 g/mol. The Kier molecular flexibility index (Phi) is 3.13. The van der Waals surface area contributed by atoms with Crippen LogP contribution in [0.4, 0.5) is 0 Å². The highest BCUT2D eigenvalue weighted by Crippen LogP contribution is 2.34. The summed E-state index contributed by atoms with van der Waals surface area (Å²) in [5, 5.41) is 3.77. The molecule has 0 aromatic heterocycles. The van der Waals surface area contributed by atoms with Gasteiger partial charge in [-0.2, -0.15) is 0 Å². The SMILES string of the molecule is CC(C)C1CCC1N[C@@H]1CCO[C@@H]1C. The predicted molar refractivity (Wildman–Crippen MR) is 58.3 cm³/mol. The summed E-state index contributed by atoms with van der Waals surface area (Å²) in [4.78, 5) is 0. The Bertz CT molecular complexity index is 193. The Hall–Kier alpha value is -0.0800. The lowest BCUT2D eigenvalue weighted by atomic mass is 9.72. The minimum Gasteiger partial charge on any atom is -0.377 e. The summed E-state index contributed by atoms with van der Waals surface area (Å²) in [6, 6.07) is 1.38. The predicted octanol–water partition coefficient (Wildman–Crippen LogP) is 2.19. The molecule has 1 N–H and O–H groups in total. The van der Waals surface area contributed by atoms with E-state index < -0.39 is 0 Å². The van der Waals surface area contributed by atoms with Crippen molar-refractivity contribution in [3.05, 3.63) is 0 Å². The van der Waals surface area contributed by atoms with Crippen molar-refractivity contribution in [1.82, 2.24) is 5.32 Å². The maximum atomic E-state index is 5.57. The van der Waals surface area contributed by atoms with Gasteiger partial charge in [0.05, 0.1) is 6.10 Å². The summed E-state index contributed by atoms with van der Waals surface area (Å²) in [5.74, 6) is 1.74. The highest BCUT2D eigenvalue weighted by Gasteiger charge is 2.36. The number of rotatable bonds is 3. The number of nitrogens with one attached hydrogen (secondary N) is 1. The zero-order valence-electron chi connectivity index (χ0n) is 9.62. The first-order valence-corrected chi connectivity index (χ1v) is 6.06. The molecule has 14 heavy (non-hydrogen) atoms. The van der Waals surface area contributed by atoms with Crippen LogP contribution < -0.4 is 5.32 Å². The largest absolute Gasteiger partial charge is 0.377 e. The molecule has 2 unspecified atom stereocenters. The van der Waals surface area contributed by atoms with Crippen molar-refractivity contribution in [3.8, 4) is 0 Å². The standard InChI is InChI=1S/C12H23NO/c1-8(2)10-4-5-12(10)13-11-6-7-14-9(11)3/h8-13H,4-7H2,1-3H3/t9-,10?,11-,12?/m1/s1. The highest BCUT2D eigenvalue weighted by molar-refractivity contribution is 4.92. The molecule has 1 heterocycles. The van der Waals surface area contributed by atoms with Gasteiger partial charge in [-0.3, -0.25) is 0 Å². The number of ether oxygens (including phenoxy) is 1. The van der Waals surface area contributed by atoms with Gasteiger partial charge in [-0.15, -0.1) is 0 Å². The van der Waals surface area contributed by atoms with Crippen LogP contribution in [0.5, 0.6) is 0 Å². The van der Waals surface area contributed by atoms with Crippen LogP contribution >= 0.6 is 0 Å². The molecule has 0 spiro atoms. The van der Waals surface area contributed by atoms with E-state index in [2.05, 4.69) is 26.1 Å². The summed E-state index contributed by atoms with van der Waals surface area (Å²) in [6.45, 7) is 7.81. The Morgan fingerprint density at radius 3 is 2.36 bits per heavy atom. The summed E-state index contributed by atoms with van der Waals surface area (Å²) in [7, 11) is 0. The summed E-state index contributed by atoms with van der Waals surface area (Å²) >= 11 is 0.